The zero-order valence-corrected chi connectivity index (χ0v) is 19.4. The quantitative estimate of drug-likeness (QED) is 0.557. The average Bonchev–Trinajstić information content (AvgIpc) is 3.51. The number of carbonyl (C=O) groups excluding carboxylic acids is 1. The summed E-state index contributed by atoms with van der Waals surface area (Å²) in [6.07, 6.45) is -0.491. The van der Waals surface area contributed by atoms with Crippen molar-refractivity contribution in [1.29, 1.82) is 0 Å². The van der Waals surface area contributed by atoms with Gasteiger partial charge in [-0.2, -0.15) is 13.2 Å². The largest absolute Gasteiger partial charge is 0.490 e. The summed E-state index contributed by atoms with van der Waals surface area (Å²) >= 11 is 0. The van der Waals surface area contributed by atoms with Crippen LogP contribution in [0.5, 0.6) is 5.75 Å². The molecule has 36 heavy (non-hydrogen) atoms. The molecule has 0 saturated carbocycles. The standard InChI is InChI=1S/C23H26F2N2O2.C2HF3O2/c24-21-6-3-7-22(25)20(21)16-29-19-10-8-17(9-11-19)23(28)27-14-4-5-18(27)15-26-12-1-2-13-26;3-2(4,5)1(6)7/h3,6-11,18H,1-2,4-5,12-16H2;(H,6,7). The van der Waals surface area contributed by atoms with E-state index in [9.17, 15) is 26.7 Å². The van der Waals surface area contributed by atoms with Crippen LogP contribution in [-0.4, -0.2) is 65.2 Å². The highest BCUT2D eigenvalue weighted by atomic mass is 19.4. The van der Waals surface area contributed by atoms with Crippen LogP contribution in [0.4, 0.5) is 22.0 Å². The molecule has 2 aliphatic rings. The second-order valence-corrected chi connectivity index (χ2v) is 8.62. The molecule has 0 bridgehead atoms. The Hall–Kier alpha value is -3.21. The third-order valence-electron chi connectivity index (χ3n) is 6.09. The summed E-state index contributed by atoms with van der Waals surface area (Å²) in [5.74, 6) is -3.50. The van der Waals surface area contributed by atoms with Crippen LogP contribution in [0.25, 0.3) is 0 Å². The van der Waals surface area contributed by atoms with Gasteiger partial charge in [-0.3, -0.25) is 4.79 Å². The molecule has 2 fully saturated rings. The normalized spacial score (nSPS) is 18.0. The third-order valence-corrected chi connectivity index (χ3v) is 6.09. The van der Waals surface area contributed by atoms with Gasteiger partial charge in [-0.25, -0.2) is 13.6 Å². The Morgan fingerprint density at radius 1 is 0.944 bits per heavy atom. The fourth-order valence-electron chi connectivity index (χ4n) is 4.24. The van der Waals surface area contributed by atoms with E-state index in [2.05, 4.69) is 4.90 Å². The second-order valence-electron chi connectivity index (χ2n) is 8.62. The van der Waals surface area contributed by atoms with Gasteiger partial charge in [0.25, 0.3) is 5.91 Å². The average molecular weight is 514 g/mol. The van der Waals surface area contributed by atoms with Crippen molar-refractivity contribution in [3.63, 3.8) is 0 Å². The number of carbonyl (C=O) groups is 2. The number of alkyl halides is 3. The molecule has 6 nitrogen and oxygen atoms in total. The molecule has 4 rings (SSSR count). The van der Waals surface area contributed by atoms with Crippen molar-refractivity contribution in [2.45, 2.75) is 44.5 Å². The lowest BCUT2D eigenvalue weighted by Gasteiger charge is -2.28. The highest BCUT2D eigenvalue weighted by molar-refractivity contribution is 5.94. The monoisotopic (exact) mass is 514 g/mol. The van der Waals surface area contributed by atoms with Crippen LogP contribution in [0.1, 0.15) is 41.6 Å². The Kier molecular flexibility index (Phi) is 9.25. The first kappa shape index (κ1) is 27.4. The maximum absolute atomic E-state index is 13.7. The predicted octanol–water partition coefficient (Wildman–Crippen LogP) is 4.88. The molecule has 1 atom stereocenters. The van der Waals surface area contributed by atoms with E-state index in [1.807, 2.05) is 4.90 Å². The van der Waals surface area contributed by atoms with Gasteiger partial charge in [0, 0.05) is 24.7 Å². The van der Waals surface area contributed by atoms with Gasteiger partial charge in [0.05, 0.1) is 5.56 Å². The molecule has 196 valence electrons. The first-order chi connectivity index (χ1) is 17.1. The number of likely N-dealkylation sites (tertiary alicyclic amines) is 2. The van der Waals surface area contributed by atoms with Crippen molar-refractivity contribution in [1.82, 2.24) is 9.80 Å². The smallest absolute Gasteiger partial charge is 0.489 e. The van der Waals surface area contributed by atoms with Gasteiger partial charge in [-0.05, 0) is 75.2 Å². The summed E-state index contributed by atoms with van der Waals surface area (Å²) < 4.78 is 64.7. The van der Waals surface area contributed by atoms with Crippen LogP contribution in [0, 0.1) is 11.6 Å². The molecule has 1 unspecified atom stereocenters. The number of rotatable bonds is 6. The summed E-state index contributed by atoms with van der Waals surface area (Å²) in [4.78, 5) is 26.3. The fourth-order valence-corrected chi connectivity index (χ4v) is 4.24. The molecule has 2 saturated heterocycles. The van der Waals surface area contributed by atoms with Crippen molar-refractivity contribution in [2.75, 3.05) is 26.2 Å². The van der Waals surface area contributed by atoms with Gasteiger partial charge in [0.15, 0.2) is 0 Å². The van der Waals surface area contributed by atoms with Crippen molar-refractivity contribution in [3.8, 4) is 5.75 Å². The molecule has 2 aromatic rings. The van der Waals surface area contributed by atoms with Crippen molar-refractivity contribution in [2.24, 2.45) is 0 Å². The topological polar surface area (TPSA) is 70.1 Å². The number of benzene rings is 2. The van der Waals surface area contributed by atoms with Crippen LogP contribution in [-0.2, 0) is 11.4 Å². The lowest BCUT2D eigenvalue weighted by atomic mass is 10.1. The number of amides is 1. The number of hydrogen-bond acceptors (Lipinski definition) is 4. The Morgan fingerprint density at radius 2 is 1.53 bits per heavy atom. The van der Waals surface area contributed by atoms with E-state index < -0.39 is 23.8 Å². The number of halogens is 5. The summed E-state index contributed by atoms with van der Waals surface area (Å²) in [6, 6.07) is 10.8. The number of nitrogens with zero attached hydrogens (tertiary/aromatic N) is 2. The van der Waals surface area contributed by atoms with Crippen LogP contribution in [0.3, 0.4) is 0 Å². The SMILES string of the molecule is O=C(O)C(F)(F)F.O=C(c1ccc(OCc2c(F)cccc2F)cc1)N1CCCC1CN1CCCC1. The molecule has 2 aliphatic heterocycles. The van der Waals surface area contributed by atoms with Crippen molar-refractivity contribution in [3.05, 3.63) is 65.2 Å². The van der Waals surface area contributed by atoms with E-state index in [0.29, 0.717) is 11.3 Å². The van der Waals surface area contributed by atoms with Crippen LogP contribution in [0.2, 0.25) is 0 Å². The number of ether oxygens (including phenoxy) is 1. The van der Waals surface area contributed by atoms with Gasteiger partial charge >= 0.3 is 12.1 Å². The number of aliphatic carboxylic acids is 1. The summed E-state index contributed by atoms with van der Waals surface area (Å²) in [5, 5.41) is 7.12. The molecule has 0 radical (unpaired) electrons. The molecule has 0 aromatic heterocycles. The predicted molar refractivity (Wildman–Crippen MR) is 121 cm³/mol. The van der Waals surface area contributed by atoms with E-state index >= 15 is 0 Å². The highest BCUT2D eigenvalue weighted by Gasteiger charge is 2.38. The maximum atomic E-state index is 13.7. The van der Waals surface area contributed by atoms with E-state index in [-0.39, 0.29) is 24.1 Å². The van der Waals surface area contributed by atoms with E-state index in [1.165, 1.54) is 31.0 Å². The minimum Gasteiger partial charge on any atom is -0.489 e. The molecule has 2 heterocycles. The van der Waals surface area contributed by atoms with E-state index in [1.54, 1.807) is 24.3 Å². The molecule has 0 spiro atoms. The maximum Gasteiger partial charge on any atom is 0.490 e. The Labute approximate surface area is 205 Å². The summed E-state index contributed by atoms with van der Waals surface area (Å²) in [7, 11) is 0. The molecule has 1 N–H and O–H groups in total. The molecule has 0 aliphatic carbocycles. The summed E-state index contributed by atoms with van der Waals surface area (Å²) in [5.41, 5.74) is 0.511. The minimum absolute atomic E-state index is 0.0402. The van der Waals surface area contributed by atoms with Gasteiger partial charge in [-0.15, -0.1) is 0 Å². The number of hydrogen-bond donors (Lipinski definition) is 1. The number of carboxylic acid groups (broad SMARTS) is 1. The zero-order valence-electron chi connectivity index (χ0n) is 19.4. The molecular formula is C25H27F5N2O4. The minimum atomic E-state index is -5.08. The fraction of sp³-hybridized carbons (Fsp3) is 0.440. The van der Waals surface area contributed by atoms with Gasteiger partial charge in [-0.1, -0.05) is 6.07 Å². The van der Waals surface area contributed by atoms with Crippen LogP contribution >= 0.6 is 0 Å². The zero-order chi connectivity index (χ0) is 26.3. The van der Waals surface area contributed by atoms with Crippen molar-refractivity contribution < 1.29 is 41.4 Å². The Morgan fingerprint density at radius 3 is 2.08 bits per heavy atom. The van der Waals surface area contributed by atoms with Gasteiger partial charge in [0.1, 0.15) is 24.0 Å². The van der Waals surface area contributed by atoms with Crippen LogP contribution in [0.15, 0.2) is 42.5 Å². The van der Waals surface area contributed by atoms with E-state index in [4.69, 9.17) is 14.6 Å². The Balaban J connectivity index is 0.000000454. The molecule has 2 aromatic carbocycles. The lowest BCUT2D eigenvalue weighted by molar-refractivity contribution is -0.192. The lowest BCUT2D eigenvalue weighted by Crippen LogP contribution is -2.42. The molecular weight excluding hydrogens is 487 g/mol. The number of carboxylic acids is 1. The van der Waals surface area contributed by atoms with Gasteiger partial charge < -0.3 is 19.6 Å². The molecule has 1 amide bonds. The van der Waals surface area contributed by atoms with Gasteiger partial charge in [0.2, 0.25) is 0 Å². The van der Waals surface area contributed by atoms with E-state index in [0.717, 1.165) is 39.0 Å². The summed E-state index contributed by atoms with van der Waals surface area (Å²) in [6.45, 7) is 3.82. The molecule has 11 heteroatoms. The van der Waals surface area contributed by atoms with Crippen LogP contribution < -0.4 is 4.74 Å². The van der Waals surface area contributed by atoms with Crippen molar-refractivity contribution >= 4 is 11.9 Å². The Bertz CT molecular complexity index is 1020. The second kappa shape index (κ2) is 12.2. The first-order valence-electron chi connectivity index (χ1n) is 11.6. The first-order valence-corrected chi connectivity index (χ1v) is 11.6. The third kappa shape index (κ3) is 7.39. The highest BCUT2D eigenvalue weighted by Crippen LogP contribution is 2.24.